The maximum absolute atomic E-state index is 5.38. The van der Waals surface area contributed by atoms with Crippen LogP contribution < -0.4 is 10.1 Å². The van der Waals surface area contributed by atoms with Gasteiger partial charge in [0.1, 0.15) is 6.61 Å². The van der Waals surface area contributed by atoms with Crippen molar-refractivity contribution in [1.29, 1.82) is 0 Å². The highest BCUT2D eigenvalue weighted by atomic mass is 16.5. The molecule has 1 saturated carbocycles. The summed E-state index contributed by atoms with van der Waals surface area (Å²) in [6.45, 7) is 4.56. The minimum atomic E-state index is 0.516. The van der Waals surface area contributed by atoms with E-state index in [0.29, 0.717) is 31.7 Å². The third kappa shape index (κ3) is 4.66. The van der Waals surface area contributed by atoms with Gasteiger partial charge in [0.2, 0.25) is 5.88 Å². The van der Waals surface area contributed by atoms with Gasteiger partial charge in [-0.2, -0.15) is 0 Å². The molecule has 1 N–H and O–H groups in total. The summed E-state index contributed by atoms with van der Waals surface area (Å²) in [6.07, 6.45) is 5.99. The second kappa shape index (κ2) is 6.51. The summed E-state index contributed by atoms with van der Waals surface area (Å²) in [5.74, 6) is 0.555. The van der Waals surface area contributed by atoms with Crippen molar-refractivity contribution in [1.82, 2.24) is 15.3 Å². The van der Waals surface area contributed by atoms with Crippen LogP contribution in [0.25, 0.3) is 0 Å². The van der Waals surface area contributed by atoms with Gasteiger partial charge in [-0.25, -0.2) is 4.98 Å². The number of ether oxygens (including phenoxy) is 2. The lowest BCUT2D eigenvalue weighted by atomic mass is 10.4. The molecule has 0 saturated heterocycles. The smallest absolute Gasteiger partial charge is 0.232 e. The molecular formula is C12H19N3O2. The summed E-state index contributed by atoms with van der Waals surface area (Å²) >= 11 is 0. The van der Waals surface area contributed by atoms with Crippen molar-refractivity contribution in [2.24, 2.45) is 0 Å². The first kappa shape index (κ1) is 12.3. The Balaban J connectivity index is 1.68. The predicted octanol–water partition coefficient (Wildman–Crippen LogP) is 1.14. The minimum Gasteiger partial charge on any atom is -0.474 e. The Morgan fingerprint density at radius 2 is 2.18 bits per heavy atom. The number of nitrogens with one attached hydrogen (secondary N) is 1. The summed E-state index contributed by atoms with van der Waals surface area (Å²) in [5.41, 5.74) is 0.953. The van der Waals surface area contributed by atoms with Crippen LogP contribution in [0, 0.1) is 0 Å². The molecule has 1 aliphatic carbocycles. The van der Waals surface area contributed by atoms with Gasteiger partial charge in [-0.3, -0.25) is 4.98 Å². The Bertz CT molecular complexity index is 325. The fraction of sp³-hybridized carbons (Fsp3) is 0.667. The molecule has 1 heterocycles. The minimum absolute atomic E-state index is 0.516. The number of nitrogens with zero attached hydrogens (tertiary/aromatic N) is 2. The Kier molecular flexibility index (Phi) is 4.70. The van der Waals surface area contributed by atoms with Crippen molar-refractivity contribution in [3.05, 3.63) is 18.1 Å². The molecule has 0 bridgehead atoms. The van der Waals surface area contributed by atoms with Crippen LogP contribution in [0.1, 0.15) is 25.5 Å². The fourth-order valence-corrected chi connectivity index (χ4v) is 1.39. The summed E-state index contributed by atoms with van der Waals surface area (Å²) in [5, 5.41) is 3.39. The molecule has 1 aliphatic rings. The van der Waals surface area contributed by atoms with E-state index in [1.54, 1.807) is 12.4 Å². The zero-order valence-corrected chi connectivity index (χ0v) is 10.2. The van der Waals surface area contributed by atoms with Gasteiger partial charge >= 0.3 is 0 Å². The maximum Gasteiger partial charge on any atom is 0.232 e. The molecular weight excluding hydrogens is 218 g/mol. The Hall–Kier alpha value is -1.20. The molecule has 0 amide bonds. The topological polar surface area (TPSA) is 56.3 Å². The van der Waals surface area contributed by atoms with E-state index in [9.17, 15) is 0 Å². The molecule has 1 aromatic heterocycles. The number of hydrogen-bond donors (Lipinski definition) is 1. The monoisotopic (exact) mass is 237 g/mol. The number of rotatable bonds is 8. The Morgan fingerprint density at radius 3 is 2.82 bits per heavy atom. The predicted molar refractivity (Wildman–Crippen MR) is 63.9 cm³/mol. The average Bonchev–Trinajstić information content (AvgIpc) is 3.18. The first-order valence-corrected chi connectivity index (χ1v) is 6.13. The summed E-state index contributed by atoms with van der Waals surface area (Å²) in [7, 11) is 0. The van der Waals surface area contributed by atoms with E-state index in [0.717, 1.165) is 12.2 Å². The van der Waals surface area contributed by atoms with Crippen LogP contribution in [-0.4, -0.2) is 35.8 Å². The van der Waals surface area contributed by atoms with Crippen LogP contribution in [0.4, 0.5) is 0 Å². The normalized spacial score (nSPS) is 14.9. The van der Waals surface area contributed by atoms with Crippen molar-refractivity contribution >= 4 is 0 Å². The van der Waals surface area contributed by atoms with Gasteiger partial charge in [0.25, 0.3) is 0 Å². The van der Waals surface area contributed by atoms with E-state index >= 15 is 0 Å². The molecule has 0 atom stereocenters. The molecule has 5 heteroatoms. The van der Waals surface area contributed by atoms with Crippen LogP contribution in [0.2, 0.25) is 0 Å². The lowest BCUT2D eigenvalue weighted by Crippen LogP contribution is -2.16. The molecule has 1 aromatic rings. The van der Waals surface area contributed by atoms with Gasteiger partial charge in [-0.1, -0.05) is 0 Å². The third-order valence-corrected chi connectivity index (χ3v) is 2.51. The number of aromatic nitrogens is 2. The zero-order chi connectivity index (χ0) is 11.9. The molecule has 0 aliphatic heterocycles. The van der Waals surface area contributed by atoms with Crippen molar-refractivity contribution < 1.29 is 9.47 Å². The van der Waals surface area contributed by atoms with Crippen LogP contribution >= 0.6 is 0 Å². The van der Waals surface area contributed by atoms with Crippen LogP contribution in [-0.2, 0) is 11.3 Å². The molecule has 0 radical (unpaired) electrons. The molecule has 0 spiro atoms. The highest BCUT2D eigenvalue weighted by Crippen LogP contribution is 2.18. The summed E-state index contributed by atoms with van der Waals surface area (Å²) < 4.78 is 10.5. The van der Waals surface area contributed by atoms with Crippen molar-refractivity contribution in [2.75, 3.05) is 19.8 Å². The zero-order valence-electron chi connectivity index (χ0n) is 10.2. The number of hydrogen-bond acceptors (Lipinski definition) is 5. The van der Waals surface area contributed by atoms with Gasteiger partial charge in [0.15, 0.2) is 0 Å². The second-order valence-corrected chi connectivity index (χ2v) is 4.05. The highest BCUT2D eigenvalue weighted by Gasteiger charge is 2.20. The molecule has 2 rings (SSSR count). The highest BCUT2D eigenvalue weighted by molar-refractivity contribution is 5.07. The van der Waals surface area contributed by atoms with Crippen LogP contribution in [0.15, 0.2) is 12.4 Å². The van der Waals surface area contributed by atoms with E-state index in [1.807, 2.05) is 6.92 Å². The van der Waals surface area contributed by atoms with Gasteiger partial charge in [-0.05, 0) is 19.8 Å². The third-order valence-electron chi connectivity index (χ3n) is 2.51. The van der Waals surface area contributed by atoms with Gasteiger partial charge in [-0.15, -0.1) is 0 Å². The van der Waals surface area contributed by atoms with E-state index in [-0.39, 0.29) is 0 Å². The Labute approximate surface area is 102 Å². The molecule has 94 valence electrons. The van der Waals surface area contributed by atoms with Crippen LogP contribution in [0.3, 0.4) is 0 Å². The quantitative estimate of drug-likeness (QED) is 0.687. The summed E-state index contributed by atoms with van der Waals surface area (Å²) in [6, 6.07) is 0.693. The van der Waals surface area contributed by atoms with Gasteiger partial charge in [0.05, 0.1) is 24.7 Å². The Morgan fingerprint density at radius 1 is 1.29 bits per heavy atom. The SMILES string of the molecule is CCOCCOc1cnc(CNC2CC2)cn1. The van der Waals surface area contributed by atoms with E-state index in [2.05, 4.69) is 15.3 Å². The van der Waals surface area contributed by atoms with E-state index < -0.39 is 0 Å². The second-order valence-electron chi connectivity index (χ2n) is 4.05. The molecule has 1 fully saturated rings. The standard InChI is InChI=1S/C12H19N3O2/c1-2-16-5-6-17-12-9-14-11(8-15-12)7-13-10-3-4-10/h8-10,13H,2-7H2,1H3. The first-order chi connectivity index (χ1) is 8.38. The van der Waals surface area contributed by atoms with Gasteiger partial charge in [0, 0.05) is 19.2 Å². The van der Waals surface area contributed by atoms with Crippen molar-refractivity contribution in [3.63, 3.8) is 0 Å². The largest absolute Gasteiger partial charge is 0.474 e. The maximum atomic E-state index is 5.38. The van der Waals surface area contributed by atoms with Crippen molar-refractivity contribution in [3.8, 4) is 5.88 Å². The van der Waals surface area contributed by atoms with E-state index in [1.165, 1.54) is 12.8 Å². The summed E-state index contributed by atoms with van der Waals surface area (Å²) in [4.78, 5) is 8.48. The van der Waals surface area contributed by atoms with Crippen LogP contribution in [0.5, 0.6) is 5.88 Å². The molecule has 17 heavy (non-hydrogen) atoms. The molecule has 0 aromatic carbocycles. The first-order valence-electron chi connectivity index (χ1n) is 6.13. The molecule has 0 unspecified atom stereocenters. The fourth-order valence-electron chi connectivity index (χ4n) is 1.39. The average molecular weight is 237 g/mol. The van der Waals surface area contributed by atoms with Gasteiger partial charge < -0.3 is 14.8 Å². The lowest BCUT2D eigenvalue weighted by Gasteiger charge is -2.06. The lowest BCUT2D eigenvalue weighted by molar-refractivity contribution is 0.108. The molecule has 5 nitrogen and oxygen atoms in total. The van der Waals surface area contributed by atoms with Crippen molar-refractivity contribution in [2.45, 2.75) is 32.4 Å². The van der Waals surface area contributed by atoms with E-state index in [4.69, 9.17) is 9.47 Å².